The molecule has 2 rings (SSSR count). The van der Waals surface area contributed by atoms with Gasteiger partial charge in [0.15, 0.2) is 5.75 Å². The Morgan fingerprint density at radius 2 is 2.25 bits per heavy atom. The Hall–Kier alpha value is -1.88. The number of aryl methyl sites for hydroxylation is 2. The van der Waals surface area contributed by atoms with Crippen LogP contribution in [0.15, 0.2) is 30.7 Å². The van der Waals surface area contributed by atoms with E-state index in [2.05, 4.69) is 28.4 Å². The molecule has 0 aliphatic rings. The summed E-state index contributed by atoms with van der Waals surface area (Å²) in [5.41, 5.74) is 2.36. The predicted octanol–water partition coefficient (Wildman–Crippen LogP) is 2.20. The standard InChI is InChI=1S/C15H22N4O/c1-4-19-15(14(20-3)11-18-19)13(16-2)8-7-12-6-5-9-17-10-12/h5-6,9-11,13,16H,4,7-8H2,1-3H3. The van der Waals surface area contributed by atoms with E-state index in [-0.39, 0.29) is 6.04 Å². The summed E-state index contributed by atoms with van der Waals surface area (Å²) >= 11 is 0. The van der Waals surface area contributed by atoms with Crippen LogP contribution in [0.5, 0.6) is 5.75 Å². The monoisotopic (exact) mass is 274 g/mol. The average molecular weight is 274 g/mol. The summed E-state index contributed by atoms with van der Waals surface area (Å²) in [5.74, 6) is 0.845. The summed E-state index contributed by atoms with van der Waals surface area (Å²) in [4.78, 5) is 4.16. The van der Waals surface area contributed by atoms with E-state index in [0.717, 1.165) is 30.8 Å². The second-order valence-corrected chi connectivity index (χ2v) is 4.66. The molecule has 108 valence electrons. The highest BCUT2D eigenvalue weighted by Crippen LogP contribution is 2.27. The third-order valence-corrected chi connectivity index (χ3v) is 3.49. The molecule has 0 saturated carbocycles. The largest absolute Gasteiger partial charge is 0.493 e. The molecule has 0 amide bonds. The first-order valence-electron chi connectivity index (χ1n) is 6.96. The highest BCUT2D eigenvalue weighted by Gasteiger charge is 2.19. The number of rotatable bonds is 7. The summed E-state index contributed by atoms with van der Waals surface area (Å²) in [6.45, 7) is 2.92. The van der Waals surface area contributed by atoms with Gasteiger partial charge in [0.1, 0.15) is 0 Å². The first-order chi connectivity index (χ1) is 9.80. The Morgan fingerprint density at radius 3 is 2.85 bits per heavy atom. The molecule has 2 heterocycles. The molecular formula is C15H22N4O. The number of pyridine rings is 1. The fourth-order valence-corrected chi connectivity index (χ4v) is 2.41. The fourth-order valence-electron chi connectivity index (χ4n) is 2.41. The predicted molar refractivity (Wildman–Crippen MR) is 78.8 cm³/mol. The summed E-state index contributed by atoms with van der Waals surface area (Å²) in [5, 5.41) is 7.73. The molecule has 1 atom stereocenters. The summed E-state index contributed by atoms with van der Waals surface area (Å²) in [7, 11) is 3.66. The third kappa shape index (κ3) is 3.17. The molecule has 20 heavy (non-hydrogen) atoms. The van der Waals surface area contributed by atoms with E-state index in [0.29, 0.717) is 0 Å². The number of nitrogens with one attached hydrogen (secondary N) is 1. The number of hydrogen-bond donors (Lipinski definition) is 1. The second-order valence-electron chi connectivity index (χ2n) is 4.66. The smallest absolute Gasteiger partial charge is 0.161 e. The molecule has 1 unspecified atom stereocenters. The minimum absolute atomic E-state index is 0.215. The van der Waals surface area contributed by atoms with Gasteiger partial charge in [0.05, 0.1) is 25.0 Å². The summed E-state index contributed by atoms with van der Waals surface area (Å²) < 4.78 is 7.42. The summed E-state index contributed by atoms with van der Waals surface area (Å²) in [6.07, 6.45) is 7.45. The SMILES string of the molecule is CCn1ncc(OC)c1C(CCc1cccnc1)NC. The molecule has 0 bridgehead atoms. The van der Waals surface area contributed by atoms with Crippen LogP contribution in [0.4, 0.5) is 0 Å². The summed E-state index contributed by atoms with van der Waals surface area (Å²) in [6, 6.07) is 4.29. The maximum atomic E-state index is 5.43. The highest BCUT2D eigenvalue weighted by molar-refractivity contribution is 5.28. The van der Waals surface area contributed by atoms with Crippen molar-refractivity contribution in [3.63, 3.8) is 0 Å². The van der Waals surface area contributed by atoms with Crippen molar-refractivity contribution in [1.82, 2.24) is 20.1 Å². The normalized spacial score (nSPS) is 12.3. The Kier molecular flexibility index (Phi) is 5.12. The zero-order chi connectivity index (χ0) is 14.4. The van der Waals surface area contributed by atoms with Crippen LogP contribution in [-0.4, -0.2) is 28.9 Å². The van der Waals surface area contributed by atoms with Crippen molar-refractivity contribution in [2.24, 2.45) is 0 Å². The first kappa shape index (κ1) is 14.5. The topological polar surface area (TPSA) is 52.0 Å². The molecule has 0 saturated heterocycles. The van der Waals surface area contributed by atoms with E-state index < -0.39 is 0 Å². The molecule has 0 spiro atoms. The Bertz CT molecular complexity index is 502. The molecule has 5 heteroatoms. The van der Waals surface area contributed by atoms with Gasteiger partial charge in [0.25, 0.3) is 0 Å². The van der Waals surface area contributed by atoms with Crippen molar-refractivity contribution in [1.29, 1.82) is 0 Å². The van der Waals surface area contributed by atoms with Crippen LogP contribution in [0.25, 0.3) is 0 Å². The number of aromatic nitrogens is 3. The fraction of sp³-hybridized carbons (Fsp3) is 0.467. The molecule has 0 aliphatic heterocycles. The van der Waals surface area contributed by atoms with Crippen LogP contribution in [0.2, 0.25) is 0 Å². The number of methoxy groups -OCH3 is 1. The molecule has 0 aliphatic carbocycles. The first-order valence-corrected chi connectivity index (χ1v) is 6.96. The van der Waals surface area contributed by atoms with Crippen molar-refractivity contribution >= 4 is 0 Å². The van der Waals surface area contributed by atoms with Gasteiger partial charge < -0.3 is 10.1 Å². The van der Waals surface area contributed by atoms with Gasteiger partial charge in [0.2, 0.25) is 0 Å². The van der Waals surface area contributed by atoms with Crippen molar-refractivity contribution in [2.45, 2.75) is 32.4 Å². The van der Waals surface area contributed by atoms with Crippen LogP contribution in [0.3, 0.4) is 0 Å². The van der Waals surface area contributed by atoms with Gasteiger partial charge in [-0.1, -0.05) is 6.07 Å². The Labute approximate surface area is 120 Å². The van der Waals surface area contributed by atoms with Crippen LogP contribution in [-0.2, 0) is 13.0 Å². The van der Waals surface area contributed by atoms with E-state index in [9.17, 15) is 0 Å². The molecule has 2 aromatic rings. The van der Waals surface area contributed by atoms with Gasteiger partial charge in [-0.3, -0.25) is 9.67 Å². The van der Waals surface area contributed by atoms with Crippen molar-refractivity contribution < 1.29 is 4.74 Å². The minimum Gasteiger partial charge on any atom is -0.493 e. The number of hydrogen-bond acceptors (Lipinski definition) is 4. The lowest BCUT2D eigenvalue weighted by Gasteiger charge is -2.18. The van der Waals surface area contributed by atoms with E-state index in [1.165, 1.54) is 5.56 Å². The van der Waals surface area contributed by atoms with Gasteiger partial charge in [-0.2, -0.15) is 5.10 Å². The lowest BCUT2D eigenvalue weighted by Crippen LogP contribution is -2.21. The van der Waals surface area contributed by atoms with Crippen LogP contribution >= 0.6 is 0 Å². The van der Waals surface area contributed by atoms with Gasteiger partial charge in [-0.25, -0.2) is 0 Å². The molecule has 5 nitrogen and oxygen atoms in total. The van der Waals surface area contributed by atoms with Crippen LogP contribution < -0.4 is 10.1 Å². The average Bonchev–Trinajstić information content (AvgIpc) is 2.92. The Balaban J connectivity index is 2.13. The Morgan fingerprint density at radius 1 is 1.40 bits per heavy atom. The van der Waals surface area contributed by atoms with Gasteiger partial charge in [0, 0.05) is 18.9 Å². The zero-order valence-electron chi connectivity index (χ0n) is 12.3. The van der Waals surface area contributed by atoms with Gasteiger partial charge >= 0.3 is 0 Å². The molecular weight excluding hydrogens is 252 g/mol. The van der Waals surface area contributed by atoms with Crippen molar-refractivity contribution in [3.8, 4) is 5.75 Å². The molecule has 1 N–H and O–H groups in total. The lowest BCUT2D eigenvalue weighted by atomic mass is 10.0. The van der Waals surface area contributed by atoms with Crippen LogP contribution in [0.1, 0.15) is 30.6 Å². The number of nitrogens with zero attached hydrogens (tertiary/aromatic N) is 3. The molecule has 0 fully saturated rings. The quantitative estimate of drug-likeness (QED) is 0.841. The van der Waals surface area contributed by atoms with E-state index in [1.807, 2.05) is 24.0 Å². The zero-order valence-corrected chi connectivity index (χ0v) is 12.3. The lowest BCUT2D eigenvalue weighted by molar-refractivity contribution is 0.391. The van der Waals surface area contributed by atoms with Crippen LogP contribution in [0, 0.1) is 0 Å². The maximum Gasteiger partial charge on any atom is 0.161 e. The maximum absolute atomic E-state index is 5.43. The number of ether oxygens (including phenoxy) is 1. The molecule has 0 radical (unpaired) electrons. The molecule has 2 aromatic heterocycles. The molecule has 0 aromatic carbocycles. The third-order valence-electron chi connectivity index (χ3n) is 3.49. The van der Waals surface area contributed by atoms with E-state index >= 15 is 0 Å². The van der Waals surface area contributed by atoms with Crippen molar-refractivity contribution in [3.05, 3.63) is 42.0 Å². The highest BCUT2D eigenvalue weighted by atomic mass is 16.5. The van der Waals surface area contributed by atoms with Crippen molar-refractivity contribution in [2.75, 3.05) is 14.2 Å². The van der Waals surface area contributed by atoms with E-state index in [4.69, 9.17) is 4.74 Å². The van der Waals surface area contributed by atoms with Gasteiger partial charge in [-0.05, 0) is 38.4 Å². The second kappa shape index (κ2) is 7.05. The van der Waals surface area contributed by atoms with E-state index in [1.54, 1.807) is 19.5 Å². The minimum atomic E-state index is 0.215. The van der Waals surface area contributed by atoms with Gasteiger partial charge in [-0.15, -0.1) is 0 Å².